The lowest BCUT2D eigenvalue weighted by Gasteiger charge is -2.10. The lowest BCUT2D eigenvalue weighted by atomic mass is 10.1. The predicted molar refractivity (Wildman–Crippen MR) is 87.4 cm³/mol. The SMILES string of the molecule is CCC[C@H](C)C(=O)Oc1ccc(-c2noc([C@H]3CCCO3)n2)cc1. The Hall–Kier alpha value is -2.21. The minimum atomic E-state index is -0.204. The maximum absolute atomic E-state index is 11.9. The van der Waals surface area contributed by atoms with Crippen LogP contribution in [0.15, 0.2) is 28.8 Å². The van der Waals surface area contributed by atoms with Gasteiger partial charge in [0.05, 0.1) is 5.92 Å². The van der Waals surface area contributed by atoms with Crippen molar-refractivity contribution in [2.45, 2.75) is 45.6 Å². The monoisotopic (exact) mass is 330 g/mol. The average molecular weight is 330 g/mol. The van der Waals surface area contributed by atoms with Crippen molar-refractivity contribution >= 4 is 5.97 Å². The van der Waals surface area contributed by atoms with Gasteiger partial charge in [-0.25, -0.2) is 0 Å². The molecule has 0 spiro atoms. The Balaban J connectivity index is 1.65. The smallest absolute Gasteiger partial charge is 0.314 e. The van der Waals surface area contributed by atoms with Crippen LogP contribution < -0.4 is 4.74 Å². The summed E-state index contributed by atoms with van der Waals surface area (Å²) in [4.78, 5) is 16.3. The summed E-state index contributed by atoms with van der Waals surface area (Å²) in [6, 6.07) is 7.12. The van der Waals surface area contributed by atoms with E-state index in [2.05, 4.69) is 10.1 Å². The predicted octanol–water partition coefficient (Wildman–Crippen LogP) is 3.93. The highest BCUT2D eigenvalue weighted by Gasteiger charge is 2.24. The Labute approximate surface area is 141 Å². The van der Waals surface area contributed by atoms with Gasteiger partial charge >= 0.3 is 5.97 Å². The van der Waals surface area contributed by atoms with Crippen molar-refractivity contribution in [2.75, 3.05) is 6.61 Å². The number of nitrogens with zero attached hydrogens (tertiary/aromatic N) is 2. The van der Waals surface area contributed by atoms with E-state index in [-0.39, 0.29) is 18.0 Å². The van der Waals surface area contributed by atoms with Gasteiger partial charge in [-0.3, -0.25) is 4.79 Å². The van der Waals surface area contributed by atoms with Gasteiger partial charge in [0.25, 0.3) is 5.89 Å². The number of esters is 1. The Morgan fingerprint density at radius 1 is 1.38 bits per heavy atom. The van der Waals surface area contributed by atoms with Gasteiger partial charge in [-0.1, -0.05) is 25.4 Å². The van der Waals surface area contributed by atoms with E-state index in [1.165, 1.54) is 0 Å². The second kappa shape index (κ2) is 7.57. The number of hydrogen-bond donors (Lipinski definition) is 0. The quantitative estimate of drug-likeness (QED) is 0.590. The number of hydrogen-bond acceptors (Lipinski definition) is 6. The fourth-order valence-corrected chi connectivity index (χ4v) is 2.70. The molecule has 1 saturated heterocycles. The molecule has 128 valence electrons. The second-order valence-electron chi connectivity index (χ2n) is 6.09. The summed E-state index contributed by atoms with van der Waals surface area (Å²) in [5.74, 6) is 1.25. The molecule has 1 aliphatic rings. The van der Waals surface area contributed by atoms with Crippen LogP contribution >= 0.6 is 0 Å². The molecule has 1 aromatic heterocycles. The van der Waals surface area contributed by atoms with Crippen LogP contribution in [-0.4, -0.2) is 22.7 Å². The number of aromatic nitrogens is 2. The average Bonchev–Trinajstić information content (AvgIpc) is 3.27. The highest BCUT2D eigenvalue weighted by Crippen LogP contribution is 2.29. The lowest BCUT2D eigenvalue weighted by molar-refractivity contribution is -0.138. The van der Waals surface area contributed by atoms with Crippen LogP contribution in [0.4, 0.5) is 0 Å². The number of rotatable bonds is 6. The van der Waals surface area contributed by atoms with Crippen LogP contribution in [0.3, 0.4) is 0 Å². The van der Waals surface area contributed by atoms with Crippen molar-refractivity contribution in [3.05, 3.63) is 30.2 Å². The highest BCUT2D eigenvalue weighted by atomic mass is 16.5. The van der Waals surface area contributed by atoms with Crippen LogP contribution in [0.25, 0.3) is 11.4 Å². The molecular formula is C18H22N2O4. The molecule has 0 saturated carbocycles. The van der Waals surface area contributed by atoms with Gasteiger partial charge < -0.3 is 14.0 Å². The molecule has 2 heterocycles. The third-order valence-corrected chi connectivity index (χ3v) is 4.10. The summed E-state index contributed by atoms with van der Waals surface area (Å²) < 4.78 is 16.2. The summed E-state index contributed by atoms with van der Waals surface area (Å²) in [5, 5.41) is 4.00. The van der Waals surface area contributed by atoms with Crippen LogP contribution in [0.5, 0.6) is 5.75 Å². The molecule has 0 radical (unpaired) electrons. The summed E-state index contributed by atoms with van der Waals surface area (Å²) in [6.07, 6.45) is 3.61. The summed E-state index contributed by atoms with van der Waals surface area (Å²) >= 11 is 0. The molecule has 2 atom stereocenters. The Kier molecular flexibility index (Phi) is 5.25. The molecule has 6 heteroatoms. The topological polar surface area (TPSA) is 74.5 Å². The third kappa shape index (κ3) is 3.82. The van der Waals surface area contributed by atoms with Crippen molar-refractivity contribution in [3.8, 4) is 17.1 Å². The molecule has 0 unspecified atom stereocenters. The first-order valence-corrected chi connectivity index (χ1v) is 8.44. The molecule has 0 amide bonds. The standard InChI is InChI=1S/C18H22N2O4/c1-3-5-12(2)18(21)23-14-9-7-13(8-10-14)16-19-17(24-20-16)15-6-4-11-22-15/h7-10,12,15H,3-6,11H2,1-2H3/t12-,15+/m0/s1. The van der Waals surface area contributed by atoms with Crippen molar-refractivity contribution < 1.29 is 18.8 Å². The van der Waals surface area contributed by atoms with Gasteiger partial charge in [-0.2, -0.15) is 4.98 Å². The van der Waals surface area contributed by atoms with Crippen LogP contribution in [0.1, 0.15) is 51.5 Å². The zero-order valence-corrected chi connectivity index (χ0v) is 14.0. The van der Waals surface area contributed by atoms with Gasteiger partial charge in [0.15, 0.2) is 0 Å². The number of benzene rings is 1. The molecule has 2 aromatic rings. The molecule has 0 N–H and O–H groups in total. The highest BCUT2D eigenvalue weighted by molar-refractivity contribution is 5.74. The number of carbonyl (C=O) groups excluding carboxylic acids is 1. The molecule has 0 bridgehead atoms. The Morgan fingerprint density at radius 2 is 2.17 bits per heavy atom. The summed E-state index contributed by atoms with van der Waals surface area (Å²) in [6.45, 7) is 4.67. The van der Waals surface area contributed by atoms with Crippen molar-refractivity contribution in [1.29, 1.82) is 0 Å². The molecule has 3 rings (SSSR count). The third-order valence-electron chi connectivity index (χ3n) is 4.10. The summed E-state index contributed by atoms with van der Waals surface area (Å²) in [7, 11) is 0. The van der Waals surface area contributed by atoms with Crippen molar-refractivity contribution in [1.82, 2.24) is 10.1 Å². The first-order valence-electron chi connectivity index (χ1n) is 8.44. The van der Waals surface area contributed by atoms with E-state index in [9.17, 15) is 4.79 Å². The molecule has 24 heavy (non-hydrogen) atoms. The zero-order valence-electron chi connectivity index (χ0n) is 14.0. The van der Waals surface area contributed by atoms with Crippen LogP contribution in [0, 0.1) is 5.92 Å². The van der Waals surface area contributed by atoms with E-state index in [0.29, 0.717) is 17.5 Å². The largest absolute Gasteiger partial charge is 0.426 e. The minimum Gasteiger partial charge on any atom is -0.426 e. The van der Waals surface area contributed by atoms with Crippen LogP contribution in [0.2, 0.25) is 0 Å². The van der Waals surface area contributed by atoms with Gasteiger partial charge in [-0.15, -0.1) is 0 Å². The normalized spacial score (nSPS) is 18.5. The fraction of sp³-hybridized carbons (Fsp3) is 0.500. The molecular weight excluding hydrogens is 308 g/mol. The van der Waals surface area contributed by atoms with E-state index in [1.54, 1.807) is 12.1 Å². The van der Waals surface area contributed by atoms with Crippen molar-refractivity contribution in [3.63, 3.8) is 0 Å². The number of ether oxygens (including phenoxy) is 2. The van der Waals surface area contributed by atoms with Gasteiger partial charge in [0, 0.05) is 12.2 Å². The first-order chi connectivity index (χ1) is 11.7. The maximum atomic E-state index is 11.9. The van der Waals surface area contributed by atoms with Crippen molar-refractivity contribution in [2.24, 2.45) is 5.92 Å². The Morgan fingerprint density at radius 3 is 2.83 bits per heavy atom. The van der Waals surface area contributed by atoms with Gasteiger partial charge in [-0.05, 0) is 43.5 Å². The zero-order chi connectivity index (χ0) is 16.9. The van der Waals surface area contributed by atoms with E-state index in [0.717, 1.165) is 37.9 Å². The van der Waals surface area contributed by atoms with E-state index in [4.69, 9.17) is 14.0 Å². The van der Waals surface area contributed by atoms with Gasteiger partial charge in [0.1, 0.15) is 11.9 Å². The van der Waals surface area contributed by atoms with E-state index < -0.39 is 0 Å². The molecule has 1 fully saturated rings. The van der Waals surface area contributed by atoms with Crippen LogP contribution in [-0.2, 0) is 9.53 Å². The first kappa shape index (κ1) is 16.6. The molecule has 1 aromatic carbocycles. The maximum Gasteiger partial charge on any atom is 0.314 e. The van der Waals surface area contributed by atoms with E-state index in [1.807, 2.05) is 26.0 Å². The molecule has 0 aliphatic carbocycles. The summed E-state index contributed by atoms with van der Waals surface area (Å²) in [5.41, 5.74) is 0.810. The second-order valence-corrected chi connectivity index (χ2v) is 6.09. The Bertz CT molecular complexity index is 675. The number of carbonyl (C=O) groups is 1. The van der Waals surface area contributed by atoms with E-state index >= 15 is 0 Å². The molecule has 6 nitrogen and oxygen atoms in total. The fourth-order valence-electron chi connectivity index (χ4n) is 2.70. The molecule has 1 aliphatic heterocycles. The lowest BCUT2D eigenvalue weighted by Crippen LogP contribution is -2.17. The minimum absolute atomic E-state index is 0.0912. The van der Waals surface area contributed by atoms with Gasteiger partial charge in [0.2, 0.25) is 5.82 Å².